The van der Waals surface area contributed by atoms with Crippen LogP contribution in [0.25, 0.3) is 0 Å². The fraction of sp³-hybridized carbons (Fsp3) is 0.529. The highest BCUT2D eigenvalue weighted by Gasteiger charge is 2.31. The van der Waals surface area contributed by atoms with Crippen LogP contribution in [0, 0.1) is 5.92 Å². The first-order valence-electron chi connectivity index (χ1n) is 7.73. The summed E-state index contributed by atoms with van der Waals surface area (Å²) in [6.07, 6.45) is 1.62. The highest BCUT2D eigenvalue weighted by atomic mass is 16.3. The van der Waals surface area contributed by atoms with Gasteiger partial charge in [-0.05, 0) is 43.9 Å². The zero-order valence-corrected chi connectivity index (χ0v) is 13.5. The van der Waals surface area contributed by atoms with Crippen LogP contribution in [-0.2, 0) is 0 Å². The maximum atomic E-state index is 12.4. The molecule has 1 fully saturated rings. The molecular weight excluding hydrogens is 280 g/mol. The minimum atomic E-state index is -0.454. The van der Waals surface area contributed by atoms with Gasteiger partial charge in [-0.15, -0.1) is 0 Å². The number of nitrogens with zero attached hydrogens (tertiary/aromatic N) is 2. The van der Waals surface area contributed by atoms with Crippen LogP contribution in [-0.4, -0.2) is 60.0 Å². The highest BCUT2D eigenvalue weighted by Crippen LogP contribution is 2.32. The van der Waals surface area contributed by atoms with Crippen LogP contribution in [0.1, 0.15) is 40.5 Å². The predicted molar refractivity (Wildman–Crippen MR) is 84.8 cm³/mol. The summed E-state index contributed by atoms with van der Waals surface area (Å²) in [5, 5.41) is 9.95. The van der Waals surface area contributed by atoms with Gasteiger partial charge in [-0.2, -0.15) is 0 Å². The van der Waals surface area contributed by atoms with Crippen LogP contribution in [0.15, 0.2) is 24.3 Å². The van der Waals surface area contributed by atoms with E-state index >= 15 is 0 Å². The van der Waals surface area contributed by atoms with Crippen LogP contribution in [0.3, 0.4) is 0 Å². The van der Waals surface area contributed by atoms with Crippen molar-refractivity contribution in [3.8, 4) is 0 Å². The van der Waals surface area contributed by atoms with Gasteiger partial charge in [0.15, 0.2) is 0 Å². The monoisotopic (exact) mass is 304 g/mol. The number of aliphatic hydroxyl groups is 1. The first-order valence-corrected chi connectivity index (χ1v) is 7.73. The van der Waals surface area contributed by atoms with E-state index < -0.39 is 6.10 Å². The van der Waals surface area contributed by atoms with Crippen LogP contribution in [0.5, 0.6) is 0 Å². The molecule has 0 bridgehead atoms. The van der Waals surface area contributed by atoms with Crippen molar-refractivity contribution in [2.75, 3.05) is 27.2 Å². The number of hydrogen-bond acceptors (Lipinski definition) is 3. The van der Waals surface area contributed by atoms with Crippen molar-refractivity contribution in [1.29, 1.82) is 0 Å². The standard InChI is InChI=1S/C17H24N2O3/c1-4-18(2)16(21)13-6-5-7-14(10-13)17(22)19(3)11-15(20)12-8-9-12/h5-7,10,12,15,20H,4,8-9,11H2,1-3H3. The van der Waals surface area contributed by atoms with Crippen molar-refractivity contribution in [2.24, 2.45) is 5.92 Å². The van der Waals surface area contributed by atoms with E-state index in [1.807, 2.05) is 6.92 Å². The Morgan fingerprint density at radius 3 is 2.23 bits per heavy atom. The molecular formula is C17H24N2O3. The van der Waals surface area contributed by atoms with E-state index in [-0.39, 0.29) is 11.8 Å². The van der Waals surface area contributed by atoms with Crippen molar-refractivity contribution in [3.05, 3.63) is 35.4 Å². The molecule has 1 unspecified atom stereocenters. The van der Waals surface area contributed by atoms with Crippen molar-refractivity contribution < 1.29 is 14.7 Å². The zero-order valence-electron chi connectivity index (χ0n) is 13.5. The Hall–Kier alpha value is -1.88. The van der Waals surface area contributed by atoms with Crippen molar-refractivity contribution in [1.82, 2.24) is 9.80 Å². The lowest BCUT2D eigenvalue weighted by Crippen LogP contribution is -2.35. The number of aliphatic hydroxyl groups excluding tert-OH is 1. The number of amides is 2. The second kappa shape index (κ2) is 6.92. The summed E-state index contributed by atoms with van der Waals surface area (Å²) in [7, 11) is 3.41. The first-order chi connectivity index (χ1) is 10.4. The number of carbonyl (C=O) groups is 2. The molecule has 2 amide bonds. The summed E-state index contributed by atoms with van der Waals surface area (Å²) in [6, 6.07) is 6.75. The van der Waals surface area contributed by atoms with Gasteiger partial charge >= 0.3 is 0 Å². The van der Waals surface area contributed by atoms with Crippen molar-refractivity contribution >= 4 is 11.8 Å². The minimum Gasteiger partial charge on any atom is -0.391 e. The summed E-state index contributed by atoms with van der Waals surface area (Å²) in [5.41, 5.74) is 0.979. The van der Waals surface area contributed by atoms with E-state index in [0.717, 1.165) is 12.8 Å². The predicted octanol–water partition coefficient (Wildman–Crippen LogP) is 1.62. The lowest BCUT2D eigenvalue weighted by Gasteiger charge is -2.21. The Morgan fingerprint density at radius 2 is 1.73 bits per heavy atom. The van der Waals surface area contributed by atoms with E-state index in [1.165, 1.54) is 4.90 Å². The molecule has 120 valence electrons. The maximum absolute atomic E-state index is 12.4. The largest absolute Gasteiger partial charge is 0.391 e. The van der Waals surface area contributed by atoms with Gasteiger partial charge in [0.25, 0.3) is 11.8 Å². The van der Waals surface area contributed by atoms with Gasteiger partial charge in [0, 0.05) is 38.3 Å². The molecule has 22 heavy (non-hydrogen) atoms. The number of rotatable bonds is 6. The fourth-order valence-corrected chi connectivity index (χ4v) is 2.36. The van der Waals surface area contributed by atoms with Gasteiger partial charge in [-0.1, -0.05) is 6.07 Å². The first kappa shape index (κ1) is 16.5. The van der Waals surface area contributed by atoms with E-state index in [4.69, 9.17) is 0 Å². The normalized spacial score (nSPS) is 15.3. The minimum absolute atomic E-state index is 0.0992. The SMILES string of the molecule is CCN(C)C(=O)c1cccc(C(=O)N(C)CC(O)C2CC2)c1. The lowest BCUT2D eigenvalue weighted by molar-refractivity contribution is 0.0645. The van der Waals surface area contributed by atoms with E-state index in [9.17, 15) is 14.7 Å². The third kappa shape index (κ3) is 3.85. The molecule has 1 atom stereocenters. The molecule has 0 saturated heterocycles. The van der Waals surface area contributed by atoms with Gasteiger partial charge in [0.1, 0.15) is 0 Å². The Morgan fingerprint density at radius 1 is 1.18 bits per heavy atom. The molecule has 1 aromatic rings. The third-order valence-corrected chi connectivity index (χ3v) is 4.15. The third-order valence-electron chi connectivity index (χ3n) is 4.15. The molecule has 0 spiro atoms. The topological polar surface area (TPSA) is 60.9 Å². The second-order valence-corrected chi connectivity index (χ2v) is 5.99. The second-order valence-electron chi connectivity index (χ2n) is 5.99. The number of carbonyl (C=O) groups excluding carboxylic acids is 2. The van der Waals surface area contributed by atoms with Crippen molar-refractivity contribution in [3.63, 3.8) is 0 Å². The van der Waals surface area contributed by atoms with Gasteiger partial charge in [-0.25, -0.2) is 0 Å². The molecule has 0 aromatic heterocycles. The zero-order chi connectivity index (χ0) is 16.3. The van der Waals surface area contributed by atoms with Gasteiger partial charge in [0.05, 0.1) is 6.10 Å². The van der Waals surface area contributed by atoms with E-state index in [1.54, 1.807) is 43.3 Å². The Balaban J connectivity index is 2.07. The molecule has 1 aliphatic rings. The Labute approximate surface area is 131 Å². The molecule has 1 aromatic carbocycles. The molecule has 1 N–H and O–H groups in total. The molecule has 1 aliphatic carbocycles. The molecule has 5 nitrogen and oxygen atoms in total. The number of benzene rings is 1. The molecule has 0 radical (unpaired) electrons. The maximum Gasteiger partial charge on any atom is 0.253 e. The van der Waals surface area contributed by atoms with E-state index in [2.05, 4.69) is 0 Å². The fourth-order valence-electron chi connectivity index (χ4n) is 2.36. The summed E-state index contributed by atoms with van der Waals surface area (Å²) >= 11 is 0. The smallest absolute Gasteiger partial charge is 0.253 e. The van der Waals surface area contributed by atoms with Crippen molar-refractivity contribution in [2.45, 2.75) is 25.9 Å². The molecule has 2 rings (SSSR count). The van der Waals surface area contributed by atoms with Gasteiger partial charge in [-0.3, -0.25) is 9.59 Å². The Kier molecular flexibility index (Phi) is 5.19. The lowest BCUT2D eigenvalue weighted by atomic mass is 10.1. The van der Waals surface area contributed by atoms with E-state index in [0.29, 0.717) is 30.1 Å². The van der Waals surface area contributed by atoms with Gasteiger partial charge in [0.2, 0.25) is 0 Å². The summed E-state index contributed by atoms with van der Waals surface area (Å²) in [4.78, 5) is 27.7. The van der Waals surface area contributed by atoms with Crippen LogP contribution < -0.4 is 0 Å². The molecule has 0 aliphatic heterocycles. The highest BCUT2D eigenvalue weighted by molar-refractivity contribution is 5.99. The number of hydrogen-bond donors (Lipinski definition) is 1. The molecule has 1 saturated carbocycles. The average molecular weight is 304 g/mol. The van der Waals surface area contributed by atoms with Gasteiger partial charge < -0.3 is 14.9 Å². The molecule has 5 heteroatoms. The number of likely N-dealkylation sites (N-methyl/N-ethyl adjacent to an activating group) is 1. The summed E-state index contributed by atoms with van der Waals surface area (Å²) in [6.45, 7) is 2.85. The summed E-state index contributed by atoms with van der Waals surface area (Å²) < 4.78 is 0. The quantitative estimate of drug-likeness (QED) is 0.869. The molecule has 0 heterocycles. The Bertz CT molecular complexity index is 555. The van der Waals surface area contributed by atoms with Crippen LogP contribution >= 0.6 is 0 Å². The summed E-state index contributed by atoms with van der Waals surface area (Å²) in [5.74, 6) is 0.0627. The van der Waals surface area contributed by atoms with Crippen LogP contribution in [0.4, 0.5) is 0 Å². The van der Waals surface area contributed by atoms with Crippen LogP contribution in [0.2, 0.25) is 0 Å². The average Bonchev–Trinajstić information content (AvgIpc) is 3.37.